The van der Waals surface area contributed by atoms with Crippen LogP contribution in [0, 0.1) is 6.92 Å². The first kappa shape index (κ1) is 19.9. The topological polar surface area (TPSA) is 71.5 Å². The van der Waals surface area contributed by atoms with Gasteiger partial charge in [0.05, 0.1) is 11.2 Å². The summed E-state index contributed by atoms with van der Waals surface area (Å²) in [4.78, 5) is 13.9. The summed E-state index contributed by atoms with van der Waals surface area (Å²) in [5.41, 5.74) is 1.57. The number of pyridine rings is 1. The van der Waals surface area contributed by atoms with Crippen molar-refractivity contribution in [2.45, 2.75) is 32.5 Å². The van der Waals surface area contributed by atoms with Gasteiger partial charge in [0.1, 0.15) is 0 Å². The number of hydrogen-bond donors (Lipinski definition) is 2. The van der Waals surface area contributed by atoms with Crippen molar-refractivity contribution in [1.29, 1.82) is 0 Å². The number of rotatable bonds is 2. The van der Waals surface area contributed by atoms with Crippen molar-refractivity contribution in [3.8, 4) is 0 Å². The number of anilines is 1. The van der Waals surface area contributed by atoms with Gasteiger partial charge in [-0.1, -0.05) is 6.07 Å². The van der Waals surface area contributed by atoms with Crippen molar-refractivity contribution in [3.63, 3.8) is 0 Å². The van der Waals surface area contributed by atoms with E-state index in [4.69, 9.17) is 4.65 Å². The molecule has 1 aliphatic heterocycles. The van der Waals surface area contributed by atoms with Gasteiger partial charge in [-0.25, -0.2) is 0 Å². The molecule has 138 valence electrons. The molecule has 2 aromatic rings. The second kappa shape index (κ2) is 7.47. The van der Waals surface area contributed by atoms with Crippen LogP contribution in [0.3, 0.4) is 0 Å². The number of nitrogens with one attached hydrogen (secondary N) is 1. The fourth-order valence-corrected chi connectivity index (χ4v) is 2.60. The molecule has 9 heteroatoms. The lowest BCUT2D eigenvalue weighted by Gasteiger charge is -2.19. The monoisotopic (exact) mass is 366 g/mol. The van der Waals surface area contributed by atoms with Crippen LogP contribution in [0.25, 0.3) is 0 Å². The fourth-order valence-electron chi connectivity index (χ4n) is 2.60. The van der Waals surface area contributed by atoms with E-state index in [2.05, 4.69) is 10.3 Å². The van der Waals surface area contributed by atoms with Gasteiger partial charge in [0.2, 0.25) is 6.41 Å². The molecule has 5 nitrogen and oxygen atoms in total. The molecule has 2 heterocycles. The molecule has 26 heavy (non-hydrogen) atoms. The Morgan fingerprint density at radius 3 is 2.50 bits per heavy atom. The van der Waals surface area contributed by atoms with Gasteiger partial charge in [0.15, 0.2) is 0 Å². The number of nitrogens with zero attached hydrogens (tertiary/aromatic N) is 1. The first-order valence-electron chi connectivity index (χ1n) is 7.75. The maximum atomic E-state index is 11.9. The van der Waals surface area contributed by atoms with E-state index in [9.17, 15) is 23.0 Å². The zero-order valence-electron chi connectivity index (χ0n) is 14.5. The Balaban J connectivity index is 0.000000197. The Labute approximate surface area is 149 Å². The van der Waals surface area contributed by atoms with E-state index in [0.29, 0.717) is 23.3 Å². The number of alkyl halides is 3. The molecule has 0 spiro atoms. The van der Waals surface area contributed by atoms with Crippen LogP contribution in [0.15, 0.2) is 36.5 Å². The number of benzene rings is 1. The minimum atomic E-state index is -4.26. The summed E-state index contributed by atoms with van der Waals surface area (Å²) in [5, 5.41) is 12.2. The number of carbonyl (C=O) groups is 1. The van der Waals surface area contributed by atoms with Crippen LogP contribution in [0.5, 0.6) is 0 Å². The molecule has 0 bridgehead atoms. The van der Waals surface area contributed by atoms with Gasteiger partial charge in [-0.15, -0.1) is 0 Å². The number of fused-ring (bicyclic) bond motifs is 1. The molecule has 2 N–H and O–H groups in total. The Hall–Kier alpha value is -2.39. The highest BCUT2D eigenvalue weighted by Gasteiger charge is 2.40. The molecule has 0 atom stereocenters. The predicted molar refractivity (Wildman–Crippen MR) is 91.8 cm³/mol. The molecular weight excluding hydrogens is 348 g/mol. The Kier molecular flexibility index (Phi) is 5.73. The first-order valence-corrected chi connectivity index (χ1v) is 7.75. The number of halogens is 3. The van der Waals surface area contributed by atoms with Crippen LogP contribution in [0.2, 0.25) is 0 Å². The van der Waals surface area contributed by atoms with E-state index in [0.717, 1.165) is 23.9 Å². The van der Waals surface area contributed by atoms with Crippen LogP contribution in [0.4, 0.5) is 18.9 Å². The molecule has 1 amide bonds. The third-order valence-corrected chi connectivity index (χ3v) is 3.82. The van der Waals surface area contributed by atoms with Gasteiger partial charge in [-0.05, 0) is 56.1 Å². The SMILES string of the molecule is CC1(C)OB(O)c2cc(NC=O)ccc21.Cc1cc(C(F)(F)F)ccn1. The largest absolute Gasteiger partial charge is 0.492 e. The number of aromatic nitrogens is 1. The summed E-state index contributed by atoms with van der Waals surface area (Å²) in [7, 11) is -0.914. The number of aryl methyl sites for hydroxylation is 1. The van der Waals surface area contributed by atoms with Crippen LogP contribution in [-0.4, -0.2) is 23.5 Å². The average molecular weight is 366 g/mol. The average Bonchev–Trinajstić information content (AvgIpc) is 2.77. The Morgan fingerprint density at radius 2 is 1.96 bits per heavy atom. The highest BCUT2D eigenvalue weighted by atomic mass is 19.4. The fraction of sp³-hybridized carbons (Fsp3) is 0.294. The van der Waals surface area contributed by atoms with Gasteiger partial charge in [-0.3, -0.25) is 9.78 Å². The lowest BCUT2D eigenvalue weighted by Crippen LogP contribution is -2.28. The zero-order chi connectivity index (χ0) is 19.5. The van der Waals surface area contributed by atoms with Gasteiger partial charge < -0.3 is 15.0 Å². The highest BCUT2D eigenvalue weighted by molar-refractivity contribution is 6.62. The molecule has 1 aliphatic rings. The summed E-state index contributed by atoms with van der Waals surface area (Å²) in [6.45, 7) is 5.32. The third kappa shape index (κ3) is 4.61. The van der Waals surface area contributed by atoms with E-state index < -0.39 is 24.5 Å². The van der Waals surface area contributed by atoms with Crippen LogP contribution in [0.1, 0.15) is 30.7 Å². The van der Waals surface area contributed by atoms with Crippen molar-refractivity contribution >= 4 is 24.7 Å². The Bertz CT molecular complexity index is 797. The third-order valence-electron chi connectivity index (χ3n) is 3.82. The summed E-state index contributed by atoms with van der Waals surface area (Å²) < 4.78 is 41.2. The number of carbonyl (C=O) groups excluding carboxylic acids is 1. The molecule has 3 rings (SSSR count). The van der Waals surface area contributed by atoms with E-state index >= 15 is 0 Å². The van der Waals surface area contributed by atoms with Gasteiger partial charge in [0.25, 0.3) is 0 Å². The molecule has 0 aliphatic carbocycles. The molecule has 0 fully saturated rings. The van der Waals surface area contributed by atoms with Gasteiger partial charge in [0, 0.05) is 17.6 Å². The van der Waals surface area contributed by atoms with E-state index in [1.165, 1.54) is 6.92 Å². The van der Waals surface area contributed by atoms with Gasteiger partial charge >= 0.3 is 13.3 Å². The van der Waals surface area contributed by atoms with E-state index in [1.807, 2.05) is 19.9 Å². The maximum absolute atomic E-state index is 11.9. The quantitative estimate of drug-likeness (QED) is 0.633. The summed E-state index contributed by atoms with van der Waals surface area (Å²) in [6, 6.07) is 7.34. The smallest absolute Gasteiger partial charge is 0.423 e. The zero-order valence-corrected chi connectivity index (χ0v) is 14.5. The normalized spacial score (nSPS) is 15.0. The van der Waals surface area contributed by atoms with Crippen molar-refractivity contribution in [1.82, 2.24) is 4.98 Å². The van der Waals surface area contributed by atoms with Crippen LogP contribution in [-0.2, 0) is 21.2 Å². The summed E-state index contributed by atoms with van der Waals surface area (Å²) in [5.74, 6) is 0. The lowest BCUT2D eigenvalue weighted by molar-refractivity contribution is -0.137. The van der Waals surface area contributed by atoms with E-state index in [1.54, 1.807) is 12.1 Å². The predicted octanol–water partition coefficient (Wildman–Crippen LogP) is 2.62. The summed E-state index contributed by atoms with van der Waals surface area (Å²) >= 11 is 0. The molecule has 0 saturated carbocycles. The molecule has 1 aromatic carbocycles. The van der Waals surface area contributed by atoms with Gasteiger partial charge in [-0.2, -0.15) is 13.2 Å². The Morgan fingerprint density at radius 1 is 1.27 bits per heavy atom. The minimum absolute atomic E-state index is 0.375. The number of amides is 1. The number of hydrogen-bond acceptors (Lipinski definition) is 4. The minimum Gasteiger partial charge on any atom is -0.423 e. The van der Waals surface area contributed by atoms with E-state index in [-0.39, 0.29) is 0 Å². The van der Waals surface area contributed by atoms with Crippen LogP contribution < -0.4 is 10.8 Å². The molecule has 0 saturated heterocycles. The maximum Gasteiger partial charge on any atom is 0.492 e. The molecule has 0 unspecified atom stereocenters. The first-order chi connectivity index (χ1) is 12.0. The molecular formula is C17H18BF3N2O3. The summed E-state index contributed by atoms with van der Waals surface area (Å²) in [6.07, 6.45) is -2.50. The lowest BCUT2D eigenvalue weighted by atomic mass is 9.78. The molecule has 0 radical (unpaired) electrons. The van der Waals surface area contributed by atoms with Crippen molar-refractivity contribution in [3.05, 3.63) is 53.3 Å². The van der Waals surface area contributed by atoms with Crippen LogP contribution >= 0.6 is 0 Å². The van der Waals surface area contributed by atoms with Crippen molar-refractivity contribution in [2.75, 3.05) is 5.32 Å². The molecule has 1 aromatic heterocycles. The standard InChI is InChI=1S/C10H12BNO3.C7H6F3N/c1-10(2)8-4-3-7(12-6-13)5-9(8)11(14)15-10;1-5-4-6(2-3-11-5)7(8,9)10/h3-6,14H,1-2H3,(H,12,13);2-4H,1H3. The second-order valence-electron chi connectivity index (χ2n) is 6.23. The second-order valence-corrected chi connectivity index (χ2v) is 6.23. The highest BCUT2D eigenvalue weighted by Crippen LogP contribution is 2.30. The van der Waals surface area contributed by atoms with Crippen molar-refractivity contribution < 1.29 is 27.6 Å². The van der Waals surface area contributed by atoms with Crippen molar-refractivity contribution in [2.24, 2.45) is 0 Å².